The van der Waals surface area contributed by atoms with E-state index in [2.05, 4.69) is 41.1 Å². The molecular formula is C53H104N6O20P2S. The van der Waals surface area contributed by atoms with Crippen LogP contribution in [0.2, 0.25) is 0 Å². The first kappa shape index (κ1) is 79.3. The minimum absolute atomic E-state index is 0.111. The summed E-state index contributed by atoms with van der Waals surface area (Å²) in [6.07, 6.45) is 5.91. The highest BCUT2D eigenvalue weighted by Crippen LogP contribution is 2.48. The first-order valence-corrected chi connectivity index (χ1v) is 32.3. The van der Waals surface area contributed by atoms with Crippen molar-refractivity contribution in [3.63, 3.8) is 0 Å². The molecule has 0 rings (SSSR count). The molecule has 0 saturated heterocycles. The maximum absolute atomic E-state index is 14.1. The van der Waals surface area contributed by atoms with Gasteiger partial charge in [-0.3, -0.25) is 28.8 Å². The minimum Gasteiger partial charge on any atom is -0.382 e. The summed E-state index contributed by atoms with van der Waals surface area (Å²) in [4.78, 5) is 88.9. The van der Waals surface area contributed by atoms with Gasteiger partial charge in [-0.2, -0.15) is 0 Å². The molecule has 6 amide bonds. The zero-order valence-electron chi connectivity index (χ0n) is 49.8. The smallest absolute Gasteiger partial charge is 0.246 e. The summed E-state index contributed by atoms with van der Waals surface area (Å²) in [6.45, 7) is 8.33. The SMILES string of the molecule is COCCOCCOCCOCC(=O)NCCCCC(NC(=O)COCCOCCOCCOC)C(=O)NC(CCCCNC(=O)COCCOCCOCCOC)C(=O)NCCCC(=O)NCCCCC(CP)COP(O)(=S)C(C)C. The van der Waals surface area contributed by atoms with Gasteiger partial charge in [-0.25, -0.2) is 0 Å². The van der Waals surface area contributed by atoms with Crippen LogP contribution >= 0.6 is 15.7 Å². The van der Waals surface area contributed by atoms with E-state index in [4.69, 9.17) is 73.2 Å². The number of amides is 6. The van der Waals surface area contributed by atoms with E-state index in [0.717, 1.165) is 25.4 Å². The van der Waals surface area contributed by atoms with Crippen molar-refractivity contribution in [3.05, 3.63) is 0 Å². The normalized spacial score (nSPS) is 13.3. The van der Waals surface area contributed by atoms with E-state index in [9.17, 15) is 33.7 Å². The molecule has 0 spiro atoms. The maximum atomic E-state index is 14.1. The molecule has 5 unspecified atom stereocenters. The van der Waals surface area contributed by atoms with Crippen LogP contribution in [0, 0.1) is 5.92 Å². The first-order chi connectivity index (χ1) is 39.7. The zero-order valence-corrected chi connectivity index (χ0v) is 52.7. The van der Waals surface area contributed by atoms with Crippen LogP contribution in [-0.2, 0) is 102 Å². The van der Waals surface area contributed by atoms with Crippen molar-refractivity contribution in [3.8, 4) is 0 Å². The van der Waals surface area contributed by atoms with E-state index in [1.807, 2.05) is 13.8 Å². The highest BCUT2D eigenvalue weighted by molar-refractivity contribution is 8.09. The maximum Gasteiger partial charge on any atom is 0.246 e. The Morgan fingerprint density at radius 1 is 0.439 bits per heavy atom. The molecule has 0 heterocycles. The molecule has 0 bridgehead atoms. The number of methoxy groups -OCH3 is 3. The van der Waals surface area contributed by atoms with Gasteiger partial charge in [0, 0.05) is 59.6 Å². The number of hydrogen-bond acceptors (Lipinski definition) is 20. The third-order valence-electron chi connectivity index (χ3n) is 11.7. The van der Waals surface area contributed by atoms with E-state index in [1.165, 1.54) is 0 Å². The third kappa shape index (κ3) is 50.6. The minimum atomic E-state index is -2.82. The van der Waals surface area contributed by atoms with Gasteiger partial charge in [-0.05, 0) is 81.7 Å². The lowest BCUT2D eigenvalue weighted by Crippen LogP contribution is -2.54. The molecule has 26 nitrogen and oxygen atoms in total. The van der Waals surface area contributed by atoms with Crippen LogP contribution in [0.25, 0.3) is 0 Å². The molecule has 482 valence electrons. The first-order valence-electron chi connectivity index (χ1n) is 28.7. The molecule has 0 saturated carbocycles. The fourth-order valence-electron chi connectivity index (χ4n) is 6.88. The molecule has 29 heteroatoms. The van der Waals surface area contributed by atoms with Gasteiger partial charge >= 0.3 is 0 Å². The van der Waals surface area contributed by atoms with E-state index in [1.54, 1.807) is 21.3 Å². The van der Waals surface area contributed by atoms with E-state index in [-0.39, 0.29) is 114 Å². The standard InChI is InChI=1S/C53H104N6O20P2S/c1-44(2)81(66,82)79-39-45(43-80)13-6-9-17-54-48(60)16-12-20-57-52(64)46(14-7-10-18-55-49(61)40-76-36-33-73-30-27-70-24-21-67-3)59-53(65)47(58-51(63)42-78-38-35-75-32-29-72-26-23-69-5)15-8-11-19-56-50(62)41-77-37-34-74-31-28-71-25-22-68-4/h44-47H,6-43,80H2,1-5H3,(H,54,60)(H,55,61)(H,56,62)(H,57,64)(H,58,63)(H,59,65)(H,66,82). The lowest BCUT2D eigenvalue weighted by molar-refractivity contribution is -0.134. The van der Waals surface area contributed by atoms with Gasteiger partial charge in [0.05, 0.1) is 126 Å². The molecule has 0 aliphatic rings. The van der Waals surface area contributed by atoms with Gasteiger partial charge in [0.15, 0.2) is 6.49 Å². The van der Waals surface area contributed by atoms with Gasteiger partial charge < -0.3 is 98.2 Å². The van der Waals surface area contributed by atoms with Crippen molar-refractivity contribution in [2.45, 2.75) is 102 Å². The topological polar surface area (TPSA) is 315 Å². The summed E-state index contributed by atoms with van der Waals surface area (Å²) in [5, 5.41) is 16.9. The van der Waals surface area contributed by atoms with Crippen molar-refractivity contribution >= 4 is 63.0 Å². The second-order valence-electron chi connectivity index (χ2n) is 19.0. The van der Waals surface area contributed by atoms with Crippen molar-refractivity contribution in [1.82, 2.24) is 31.9 Å². The van der Waals surface area contributed by atoms with Crippen LogP contribution in [0.4, 0.5) is 0 Å². The lowest BCUT2D eigenvalue weighted by atomic mass is 10.0. The molecule has 0 aromatic rings. The number of unbranched alkanes of at least 4 members (excludes halogenated alkanes) is 3. The predicted octanol–water partition coefficient (Wildman–Crippen LogP) is 1.02. The average molecular weight is 1240 g/mol. The molecule has 82 heavy (non-hydrogen) atoms. The Kier molecular flexibility index (Phi) is 55.6. The van der Waals surface area contributed by atoms with Crippen molar-refractivity contribution < 1.29 is 95.0 Å². The molecule has 0 aliphatic carbocycles. The number of carbonyl (C=O) groups is 6. The fraction of sp³-hybridized carbons (Fsp3) is 0.887. The largest absolute Gasteiger partial charge is 0.382 e. The molecule has 0 fully saturated rings. The van der Waals surface area contributed by atoms with Gasteiger partial charge in [0.1, 0.15) is 31.9 Å². The summed E-state index contributed by atoms with van der Waals surface area (Å²) in [5.41, 5.74) is -0.112. The van der Waals surface area contributed by atoms with Gasteiger partial charge in [-0.15, -0.1) is 9.24 Å². The monoisotopic (exact) mass is 1240 g/mol. The lowest BCUT2D eigenvalue weighted by Gasteiger charge is -2.23. The summed E-state index contributed by atoms with van der Waals surface area (Å²) in [5.74, 6) is -2.22. The third-order valence-corrected chi connectivity index (χ3v) is 15.8. The zero-order chi connectivity index (χ0) is 60.6. The van der Waals surface area contributed by atoms with Gasteiger partial charge in [0.25, 0.3) is 0 Å². The van der Waals surface area contributed by atoms with Crippen LogP contribution in [0.5, 0.6) is 0 Å². The Balaban J connectivity index is 5.52. The molecule has 0 aliphatic heterocycles. The van der Waals surface area contributed by atoms with E-state index in [0.29, 0.717) is 138 Å². The number of ether oxygens (including phenoxy) is 12. The average Bonchev–Trinajstić information content (AvgIpc) is 3.46. The number of nitrogens with one attached hydrogen (secondary N) is 6. The van der Waals surface area contributed by atoms with Crippen LogP contribution in [-0.4, -0.2) is 257 Å². The highest BCUT2D eigenvalue weighted by Gasteiger charge is 2.27. The quantitative estimate of drug-likeness (QED) is 0.0330. The fourth-order valence-corrected chi connectivity index (χ4v) is 8.16. The highest BCUT2D eigenvalue weighted by atomic mass is 32.5. The Morgan fingerprint density at radius 3 is 1.20 bits per heavy atom. The summed E-state index contributed by atoms with van der Waals surface area (Å²) >= 11 is 5.25. The van der Waals surface area contributed by atoms with E-state index >= 15 is 0 Å². The molecule has 0 radical (unpaired) electrons. The molecule has 0 aromatic carbocycles. The second kappa shape index (κ2) is 57.4. The van der Waals surface area contributed by atoms with Crippen LogP contribution in [0.3, 0.4) is 0 Å². The Labute approximate surface area is 495 Å². The van der Waals surface area contributed by atoms with Crippen molar-refractivity contribution in [2.24, 2.45) is 5.92 Å². The summed E-state index contributed by atoms with van der Waals surface area (Å²) in [7, 11) is 7.49. The van der Waals surface area contributed by atoms with Gasteiger partial charge in [0.2, 0.25) is 35.4 Å². The van der Waals surface area contributed by atoms with Crippen LogP contribution < -0.4 is 31.9 Å². The molecule has 7 N–H and O–H groups in total. The summed E-state index contributed by atoms with van der Waals surface area (Å²) < 4.78 is 69.2. The molecule has 0 aromatic heterocycles. The Bertz CT molecular complexity index is 1660. The van der Waals surface area contributed by atoms with Gasteiger partial charge in [-0.1, -0.05) is 20.3 Å². The summed E-state index contributed by atoms with van der Waals surface area (Å²) in [6, 6.07) is -2.10. The molecular weight excluding hydrogens is 1130 g/mol. The second-order valence-corrected chi connectivity index (χ2v) is 23.4. The van der Waals surface area contributed by atoms with E-state index < -0.39 is 36.3 Å². The predicted molar refractivity (Wildman–Crippen MR) is 315 cm³/mol. The van der Waals surface area contributed by atoms with Crippen molar-refractivity contribution in [1.29, 1.82) is 0 Å². The number of rotatable bonds is 61. The van der Waals surface area contributed by atoms with Crippen LogP contribution in [0.1, 0.15) is 84.5 Å². The Hall–Kier alpha value is -2.66. The van der Waals surface area contributed by atoms with Crippen molar-refractivity contribution in [2.75, 3.05) is 199 Å². The molecule has 5 atom stereocenters. The van der Waals surface area contributed by atoms with Crippen LogP contribution in [0.15, 0.2) is 0 Å². The number of hydrogen-bond donors (Lipinski definition) is 7. The number of carbonyl (C=O) groups excluding carboxylic acids is 6. The Morgan fingerprint density at radius 2 is 0.793 bits per heavy atom.